The second-order valence-electron chi connectivity index (χ2n) is 5.98. The Morgan fingerprint density at radius 1 is 1.33 bits per heavy atom. The average molecular weight is 292 g/mol. The van der Waals surface area contributed by atoms with E-state index in [1.165, 1.54) is 12.0 Å². The number of carbonyl (C=O) groups excluding carboxylic acids is 2. The van der Waals surface area contributed by atoms with Crippen molar-refractivity contribution in [2.75, 3.05) is 24.3 Å². The van der Waals surface area contributed by atoms with E-state index in [9.17, 15) is 9.59 Å². The lowest BCUT2D eigenvalue weighted by molar-refractivity contribution is -0.141. The highest BCUT2D eigenvalue weighted by atomic mass is 16.6. The van der Waals surface area contributed by atoms with Crippen LogP contribution in [0.2, 0.25) is 0 Å². The first-order valence-corrected chi connectivity index (χ1v) is 6.70. The molecule has 1 aliphatic rings. The molecule has 2 rings (SSSR count). The lowest BCUT2D eigenvalue weighted by atomic mass is 10.0. The summed E-state index contributed by atoms with van der Waals surface area (Å²) in [5.41, 5.74) is 7.03. The molecule has 0 aromatic heterocycles. The number of hydrogen-bond acceptors (Lipinski definition) is 5. The summed E-state index contributed by atoms with van der Waals surface area (Å²) in [5.74, 6) is -0.936. The standard InChI is InChI=1S/C15H20N2O4/c1-15(2,3)21-14(19)17-8-11(13(18)20-4)10-7-9(16)5-6-12(10)17/h5-7,11H,8,16H2,1-4H3. The second kappa shape index (κ2) is 5.27. The van der Waals surface area contributed by atoms with E-state index in [0.717, 1.165) is 0 Å². The highest BCUT2D eigenvalue weighted by Gasteiger charge is 2.39. The number of esters is 1. The minimum atomic E-state index is -0.603. The van der Waals surface area contributed by atoms with Crippen molar-refractivity contribution in [3.63, 3.8) is 0 Å². The van der Waals surface area contributed by atoms with Crippen LogP contribution in [-0.2, 0) is 14.3 Å². The summed E-state index contributed by atoms with van der Waals surface area (Å²) in [6.07, 6.45) is -0.486. The first kappa shape index (κ1) is 15.2. The van der Waals surface area contributed by atoms with Crippen LogP contribution < -0.4 is 10.6 Å². The third-order valence-corrected chi connectivity index (χ3v) is 3.18. The van der Waals surface area contributed by atoms with Gasteiger partial charge >= 0.3 is 12.1 Å². The number of methoxy groups -OCH3 is 1. The number of fused-ring (bicyclic) bond motifs is 1. The lowest BCUT2D eigenvalue weighted by Gasteiger charge is -2.25. The van der Waals surface area contributed by atoms with Crippen LogP contribution in [0, 0.1) is 0 Å². The Balaban J connectivity index is 2.35. The van der Waals surface area contributed by atoms with Gasteiger partial charge in [-0.1, -0.05) is 0 Å². The van der Waals surface area contributed by atoms with Gasteiger partial charge in [0, 0.05) is 12.2 Å². The molecular weight excluding hydrogens is 272 g/mol. The zero-order valence-corrected chi connectivity index (χ0v) is 12.7. The molecule has 1 amide bonds. The molecule has 6 heteroatoms. The SMILES string of the molecule is COC(=O)C1CN(C(=O)OC(C)(C)C)c2ccc(N)cc21. The minimum absolute atomic E-state index is 0.195. The molecule has 0 fully saturated rings. The zero-order valence-electron chi connectivity index (χ0n) is 12.7. The molecule has 0 saturated heterocycles. The third kappa shape index (κ3) is 3.09. The maximum Gasteiger partial charge on any atom is 0.414 e. The molecule has 1 atom stereocenters. The van der Waals surface area contributed by atoms with Gasteiger partial charge in [0.15, 0.2) is 0 Å². The first-order valence-electron chi connectivity index (χ1n) is 6.70. The monoisotopic (exact) mass is 292 g/mol. The zero-order chi connectivity index (χ0) is 15.8. The molecule has 21 heavy (non-hydrogen) atoms. The van der Waals surface area contributed by atoms with Crippen LogP contribution in [-0.4, -0.2) is 31.3 Å². The van der Waals surface area contributed by atoms with Crippen molar-refractivity contribution >= 4 is 23.4 Å². The molecule has 2 N–H and O–H groups in total. The third-order valence-electron chi connectivity index (χ3n) is 3.18. The Hall–Kier alpha value is -2.24. The van der Waals surface area contributed by atoms with Crippen LogP contribution in [0.5, 0.6) is 0 Å². The van der Waals surface area contributed by atoms with Gasteiger partial charge in [-0.05, 0) is 44.5 Å². The van der Waals surface area contributed by atoms with E-state index in [0.29, 0.717) is 16.9 Å². The van der Waals surface area contributed by atoms with E-state index in [1.807, 2.05) is 0 Å². The summed E-state index contributed by atoms with van der Waals surface area (Å²) in [6.45, 7) is 5.58. The molecule has 1 aliphatic heterocycles. The number of rotatable bonds is 1. The van der Waals surface area contributed by atoms with Crippen LogP contribution in [0.1, 0.15) is 32.3 Å². The molecule has 6 nitrogen and oxygen atoms in total. The topological polar surface area (TPSA) is 81.9 Å². The second-order valence-corrected chi connectivity index (χ2v) is 5.98. The Kier molecular flexibility index (Phi) is 3.80. The lowest BCUT2D eigenvalue weighted by Crippen LogP contribution is -2.37. The number of amides is 1. The Morgan fingerprint density at radius 2 is 2.00 bits per heavy atom. The van der Waals surface area contributed by atoms with Crippen LogP contribution in [0.25, 0.3) is 0 Å². The number of nitrogen functional groups attached to an aromatic ring is 1. The van der Waals surface area contributed by atoms with Crippen molar-refractivity contribution < 1.29 is 19.1 Å². The van der Waals surface area contributed by atoms with Crippen molar-refractivity contribution in [2.45, 2.75) is 32.3 Å². The predicted molar refractivity (Wildman–Crippen MR) is 79.2 cm³/mol. The molecule has 1 unspecified atom stereocenters. The van der Waals surface area contributed by atoms with Gasteiger partial charge in [0.2, 0.25) is 0 Å². The maximum absolute atomic E-state index is 12.3. The summed E-state index contributed by atoms with van der Waals surface area (Å²) < 4.78 is 10.2. The summed E-state index contributed by atoms with van der Waals surface area (Å²) in [4.78, 5) is 25.6. The summed E-state index contributed by atoms with van der Waals surface area (Å²) in [5, 5.41) is 0. The molecule has 0 radical (unpaired) electrons. The van der Waals surface area contributed by atoms with Gasteiger partial charge < -0.3 is 15.2 Å². The van der Waals surface area contributed by atoms with Gasteiger partial charge in [-0.3, -0.25) is 9.69 Å². The first-order chi connectivity index (χ1) is 9.73. The highest BCUT2D eigenvalue weighted by Crippen LogP contribution is 2.38. The largest absolute Gasteiger partial charge is 0.468 e. The van der Waals surface area contributed by atoms with Gasteiger partial charge in [0.05, 0.1) is 12.8 Å². The van der Waals surface area contributed by atoms with Crippen molar-refractivity contribution in [2.24, 2.45) is 0 Å². The molecule has 0 saturated carbocycles. The van der Waals surface area contributed by atoms with Crippen molar-refractivity contribution in [3.8, 4) is 0 Å². The van der Waals surface area contributed by atoms with E-state index in [-0.39, 0.29) is 6.54 Å². The van der Waals surface area contributed by atoms with Gasteiger partial charge in [-0.2, -0.15) is 0 Å². The van der Waals surface area contributed by atoms with Gasteiger partial charge in [-0.25, -0.2) is 4.79 Å². The van der Waals surface area contributed by atoms with E-state index in [2.05, 4.69) is 0 Å². The molecule has 0 spiro atoms. The van der Waals surface area contributed by atoms with Crippen molar-refractivity contribution in [1.29, 1.82) is 0 Å². The summed E-state index contributed by atoms with van der Waals surface area (Å²) in [6, 6.07) is 5.11. The molecule has 0 aliphatic carbocycles. The number of anilines is 2. The molecule has 0 bridgehead atoms. The normalized spacial score (nSPS) is 17.3. The average Bonchev–Trinajstić information content (AvgIpc) is 2.74. The van der Waals surface area contributed by atoms with Crippen LogP contribution >= 0.6 is 0 Å². The predicted octanol–water partition coefficient (Wildman–Crippen LogP) is 2.28. The summed E-state index contributed by atoms with van der Waals surface area (Å²) in [7, 11) is 1.32. The number of carbonyl (C=O) groups is 2. The smallest absolute Gasteiger partial charge is 0.414 e. The Bertz CT molecular complexity index is 578. The summed E-state index contributed by atoms with van der Waals surface area (Å²) >= 11 is 0. The van der Waals surface area contributed by atoms with E-state index >= 15 is 0 Å². The van der Waals surface area contributed by atoms with Crippen LogP contribution in [0.15, 0.2) is 18.2 Å². The van der Waals surface area contributed by atoms with Crippen LogP contribution in [0.4, 0.5) is 16.2 Å². The van der Waals surface area contributed by atoms with E-state index < -0.39 is 23.6 Å². The van der Waals surface area contributed by atoms with Crippen molar-refractivity contribution in [1.82, 2.24) is 0 Å². The number of nitrogens with two attached hydrogens (primary N) is 1. The molecular formula is C15H20N2O4. The van der Waals surface area contributed by atoms with Gasteiger partial charge in [0.25, 0.3) is 0 Å². The molecule has 114 valence electrons. The fourth-order valence-corrected chi connectivity index (χ4v) is 2.31. The molecule has 1 aromatic carbocycles. The number of hydrogen-bond donors (Lipinski definition) is 1. The number of nitrogens with zero attached hydrogens (tertiary/aromatic N) is 1. The molecule has 1 heterocycles. The fraction of sp³-hybridized carbons (Fsp3) is 0.467. The fourth-order valence-electron chi connectivity index (χ4n) is 2.31. The van der Waals surface area contributed by atoms with E-state index in [4.69, 9.17) is 15.2 Å². The number of benzene rings is 1. The van der Waals surface area contributed by atoms with Gasteiger partial charge in [0.1, 0.15) is 11.5 Å². The van der Waals surface area contributed by atoms with Gasteiger partial charge in [-0.15, -0.1) is 0 Å². The minimum Gasteiger partial charge on any atom is -0.468 e. The van der Waals surface area contributed by atoms with Crippen LogP contribution in [0.3, 0.4) is 0 Å². The maximum atomic E-state index is 12.3. The molecule has 1 aromatic rings. The Morgan fingerprint density at radius 3 is 2.57 bits per heavy atom. The van der Waals surface area contributed by atoms with E-state index in [1.54, 1.807) is 39.0 Å². The number of ether oxygens (including phenoxy) is 2. The van der Waals surface area contributed by atoms with Crippen molar-refractivity contribution in [3.05, 3.63) is 23.8 Å². The highest BCUT2D eigenvalue weighted by molar-refractivity contribution is 5.96. The quantitative estimate of drug-likeness (QED) is 0.634. The Labute approximate surface area is 123 Å².